The Morgan fingerprint density at radius 2 is 1.96 bits per heavy atom. The largest absolute Gasteiger partial charge is 0.481 e. The van der Waals surface area contributed by atoms with E-state index in [1.54, 1.807) is 0 Å². The molecule has 1 heterocycles. The van der Waals surface area contributed by atoms with E-state index < -0.39 is 5.97 Å². The highest BCUT2D eigenvalue weighted by molar-refractivity contribution is 5.79. The van der Waals surface area contributed by atoms with Gasteiger partial charge < -0.3 is 14.8 Å². The van der Waals surface area contributed by atoms with Crippen molar-refractivity contribution in [3.8, 4) is 0 Å². The molecule has 0 atom stereocenters. The second-order valence-corrected chi connectivity index (χ2v) is 6.46. The van der Waals surface area contributed by atoms with Gasteiger partial charge in [0.25, 0.3) is 0 Å². The lowest BCUT2D eigenvalue weighted by Crippen LogP contribution is -2.35. The predicted octanol–water partition coefficient (Wildman–Crippen LogP) is 2.69. The Morgan fingerprint density at radius 1 is 1.25 bits per heavy atom. The molecule has 0 saturated heterocycles. The van der Waals surface area contributed by atoms with Gasteiger partial charge in [0.15, 0.2) is 11.5 Å². The summed E-state index contributed by atoms with van der Waals surface area (Å²) in [6.07, 6.45) is 3.00. The first-order valence-electron chi connectivity index (χ1n) is 8.40. The fourth-order valence-corrected chi connectivity index (χ4v) is 3.28. The number of hydrogen-bond acceptors (Lipinski definition) is 4. The standard InChI is InChI=1S/C18H22N2O4/c1-11-3-2-4-14-16(11)20-15(24-14)9-10-19-17(21)12-5-7-13(8-6-12)18(22)23/h2-4,12-13H,5-10H2,1H3,(H,19,21)(H,22,23). The molecule has 0 aliphatic heterocycles. The molecule has 1 fully saturated rings. The summed E-state index contributed by atoms with van der Waals surface area (Å²) < 4.78 is 5.69. The molecule has 6 nitrogen and oxygen atoms in total. The Balaban J connectivity index is 1.48. The monoisotopic (exact) mass is 330 g/mol. The van der Waals surface area contributed by atoms with Crippen LogP contribution in [0.5, 0.6) is 0 Å². The third kappa shape index (κ3) is 3.58. The number of carbonyl (C=O) groups excluding carboxylic acids is 1. The molecule has 128 valence electrons. The first kappa shape index (κ1) is 16.5. The number of amides is 1. The minimum absolute atomic E-state index is 0.00568. The number of para-hydroxylation sites is 1. The molecule has 1 aromatic heterocycles. The Labute approximate surface area is 140 Å². The van der Waals surface area contributed by atoms with Gasteiger partial charge in [-0.1, -0.05) is 12.1 Å². The van der Waals surface area contributed by atoms with Gasteiger partial charge in [-0.05, 0) is 44.2 Å². The first-order chi connectivity index (χ1) is 11.5. The van der Waals surface area contributed by atoms with E-state index in [9.17, 15) is 9.59 Å². The summed E-state index contributed by atoms with van der Waals surface area (Å²) in [4.78, 5) is 27.6. The van der Waals surface area contributed by atoms with Gasteiger partial charge in [0, 0.05) is 18.9 Å². The van der Waals surface area contributed by atoms with Crippen LogP contribution in [0.4, 0.5) is 0 Å². The third-order valence-corrected chi connectivity index (χ3v) is 4.75. The molecular formula is C18H22N2O4. The summed E-state index contributed by atoms with van der Waals surface area (Å²) in [5, 5.41) is 11.9. The zero-order valence-electron chi connectivity index (χ0n) is 13.7. The Hall–Kier alpha value is -2.37. The van der Waals surface area contributed by atoms with Crippen molar-refractivity contribution in [1.29, 1.82) is 0 Å². The van der Waals surface area contributed by atoms with Crippen LogP contribution in [0.1, 0.15) is 37.1 Å². The molecule has 3 rings (SSSR count). The zero-order valence-corrected chi connectivity index (χ0v) is 13.7. The highest BCUT2D eigenvalue weighted by Gasteiger charge is 2.29. The van der Waals surface area contributed by atoms with Crippen molar-refractivity contribution in [3.63, 3.8) is 0 Å². The molecule has 24 heavy (non-hydrogen) atoms. The quantitative estimate of drug-likeness (QED) is 0.879. The number of hydrogen-bond donors (Lipinski definition) is 2. The van der Waals surface area contributed by atoms with Crippen molar-refractivity contribution in [2.24, 2.45) is 11.8 Å². The minimum Gasteiger partial charge on any atom is -0.481 e. The summed E-state index contributed by atoms with van der Waals surface area (Å²) in [5.74, 6) is -0.496. The molecule has 1 saturated carbocycles. The van der Waals surface area contributed by atoms with Gasteiger partial charge in [0.1, 0.15) is 5.52 Å². The number of aryl methyl sites for hydroxylation is 1. The van der Waals surface area contributed by atoms with Gasteiger partial charge >= 0.3 is 5.97 Å². The number of carboxylic acids is 1. The summed E-state index contributed by atoms with van der Waals surface area (Å²) >= 11 is 0. The number of aliphatic carboxylic acids is 1. The fraction of sp³-hybridized carbons (Fsp3) is 0.500. The second kappa shape index (κ2) is 7.03. The molecule has 1 aliphatic carbocycles. The van der Waals surface area contributed by atoms with Gasteiger partial charge in [-0.2, -0.15) is 0 Å². The predicted molar refractivity (Wildman–Crippen MR) is 88.5 cm³/mol. The zero-order chi connectivity index (χ0) is 17.1. The van der Waals surface area contributed by atoms with Crippen molar-refractivity contribution >= 4 is 23.0 Å². The van der Waals surface area contributed by atoms with Gasteiger partial charge in [0.05, 0.1) is 5.92 Å². The molecule has 0 spiro atoms. The Morgan fingerprint density at radius 3 is 2.62 bits per heavy atom. The van der Waals surface area contributed by atoms with Crippen molar-refractivity contribution in [2.75, 3.05) is 6.54 Å². The lowest BCUT2D eigenvalue weighted by molar-refractivity contribution is -0.144. The van der Waals surface area contributed by atoms with Gasteiger partial charge in [-0.3, -0.25) is 9.59 Å². The van der Waals surface area contributed by atoms with Crippen LogP contribution in [0.2, 0.25) is 0 Å². The number of nitrogens with zero attached hydrogens (tertiary/aromatic N) is 1. The smallest absolute Gasteiger partial charge is 0.306 e. The van der Waals surface area contributed by atoms with Crippen molar-refractivity contribution in [1.82, 2.24) is 10.3 Å². The van der Waals surface area contributed by atoms with E-state index in [2.05, 4.69) is 10.3 Å². The second-order valence-electron chi connectivity index (χ2n) is 6.46. The average molecular weight is 330 g/mol. The van der Waals surface area contributed by atoms with Crippen LogP contribution in [0.25, 0.3) is 11.1 Å². The van der Waals surface area contributed by atoms with Gasteiger partial charge in [-0.15, -0.1) is 0 Å². The molecule has 2 aromatic rings. The molecule has 2 N–H and O–H groups in total. The van der Waals surface area contributed by atoms with Crippen LogP contribution in [0.15, 0.2) is 22.6 Å². The van der Waals surface area contributed by atoms with E-state index in [4.69, 9.17) is 9.52 Å². The van der Waals surface area contributed by atoms with Gasteiger partial charge in [-0.25, -0.2) is 4.98 Å². The van der Waals surface area contributed by atoms with Crippen LogP contribution in [0, 0.1) is 18.8 Å². The number of carbonyl (C=O) groups is 2. The summed E-state index contributed by atoms with van der Waals surface area (Å²) in [7, 11) is 0. The topological polar surface area (TPSA) is 92.4 Å². The third-order valence-electron chi connectivity index (χ3n) is 4.75. The van der Waals surface area contributed by atoms with Crippen molar-refractivity contribution in [2.45, 2.75) is 39.0 Å². The van der Waals surface area contributed by atoms with Crippen molar-refractivity contribution in [3.05, 3.63) is 29.7 Å². The van der Waals surface area contributed by atoms with E-state index in [0.717, 1.165) is 16.7 Å². The molecular weight excluding hydrogens is 308 g/mol. The number of carboxylic acid groups (broad SMARTS) is 1. The lowest BCUT2D eigenvalue weighted by atomic mass is 9.81. The Kier molecular flexibility index (Phi) is 4.83. The molecule has 1 amide bonds. The van der Waals surface area contributed by atoms with Crippen LogP contribution in [-0.4, -0.2) is 28.5 Å². The molecule has 1 aromatic carbocycles. The van der Waals surface area contributed by atoms with E-state index >= 15 is 0 Å². The van der Waals surface area contributed by atoms with Gasteiger partial charge in [0.2, 0.25) is 5.91 Å². The Bertz CT molecular complexity index is 745. The highest BCUT2D eigenvalue weighted by Crippen LogP contribution is 2.29. The molecule has 1 aliphatic rings. The SMILES string of the molecule is Cc1cccc2oc(CCNC(=O)C3CCC(C(=O)O)CC3)nc12. The van der Waals surface area contributed by atoms with E-state index in [-0.39, 0.29) is 17.7 Å². The maximum atomic E-state index is 12.2. The fourth-order valence-electron chi connectivity index (χ4n) is 3.28. The summed E-state index contributed by atoms with van der Waals surface area (Å²) in [5.41, 5.74) is 2.70. The van der Waals surface area contributed by atoms with E-state index in [1.807, 2.05) is 25.1 Å². The number of nitrogens with one attached hydrogen (secondary N) is 1. The van der Waals surface area contributed by atoms with Crippen LogP contribution in [0.3, 0.4) is 0 Å². The first-order valence-corrected chi connectivity index (χ1v) is 8.40. The maximum absolute atomic E-state index is 12.2. The molecule has 6 heteroatoms. The molecule has 0 unspecified atom stereocenters. The van der Waals surface area contributed by atoms with Crippen molar-refractivity contribution < 1.29 is 19.1 Å². The lowest BCUT2D eigenvalue weighted by Gasteiger charge is -2.25. The number of rotatable bonds is 5. The molecule has 0 bridgehead atoms. The number of aromatic nitrogens is 1. The van der Waals surface area contributed by atoms with E-state index in [0.29, 0.717) is 44.5 Å². The van der Waals surface area contributed by atoms with Crippen LogP contribution >= 0.6 is 0 Å². The number of oxazole rings is 1. The maximum Gasteiger partial charge on any atom is 0.306 e. The summed E-state index contributed by atoms with van der Waals surface area (Å²) in [6.45, 7) is 2.47. The van der Waals surface area contributed by atoms with Crippen LogP contribution in [-0.2, 0) is 16.0 Å². The number of fused-ring (bicyclic) bond motifs is 1. The van der Waals surface area contributed by atoms with E-state index in [1.165, 1.54) is 0 Å². The molecule has 0 radical (unpaired) electrons. The minimum atomic E-state index is -0.750. The summed E-state index contributed by atoms with van der Waals surface area (Å²) in [6, 6.07) is 5.81. The average Bonchev–Trinajstić information content (AvgIpc) is 2.99. The normalized spacial score (nSPS) is 20.9. The highest BCUT2D eigenvalue weighted by atomic mass is 16.4. The number of benzene rings is 1. The van der Waals surface area contributed by atoms with Crippen LogP contribution < -0.4 is 5.32 Å².